The van der Waals surface area contributed by atoms with Crippen LogP contribution in [0.1, 0.15) is 36.0 Å². The highest BCUT2D eigenvalue weighted by atomic mass is 16.5. The lowest BCUT2D eigenvalue weighted by atomic mass is 9.72. The van der Waals surface area contributed by atoms with E-state index in [1.165, 1.54) is 6.20 Å². The zero-order valence-corrected chi connectivity index (χ0v) is 13.8. The minimum Gasteiger partial charge on any atom is -0.806 e. The van der Waals surface area contributed by atoms with Gasteiger partial charge in [0, 0.05) is 47.9 Å². The van der Waals surface area contributed by atoms with E-state index in [-0.39, 0.29) is 12.0 Å². The molecule has 0 aliphatic carbocycles. The number of piperidine rings is 4. The van der Waals surface area contributed by atoms with Crippen LogP contribution in [0.25, 0.3) is 10.9 Å². The molecule has 6 nitrogen and oxygen atoms in total. The van der Waals surface area contributed by atoms with Gasteiger partial charge in [0.25, 0.3) is 0 Å². The number of ether oxygens (including phenoxy) is 1. The molecule has 5 heterocycles. The maximum atomic E-state index is 12.6. The van der Waals surface area contributed by atoms with E-state index in [0.717, 1.165) is 30.4 Å². The molecule has 0 radical (unpaired) electrons. The summed E-state index contributed by atoms with van der Waals surface area (Å²) in [5.74, 6) is 0.147. The number of carbonyl (C=O) groups excluding carboxylic acids is 2. The Labute approximate surface area is 144 Å². The second kappa shape index (κ2) is 5.33. The minimum atomic E-state index is -0.424. The van der Waals surface area contributed by atoms with Crippen molar-refractivity contribution in [3.05, 3.63) is 41.2 Å². The number of esters is 1. The SMILES string of the molecule is O=C(OC1CC2CC3C[C@H](C1)N2CC3=O)c1cn([O-])c2ccccc12. The van der Waals surface area contributed by atoms with Crippen molar-refractivity contribution in [2.75, 3.05) is 6.54 Å². The van der Waals surface area contributed by atoms with Crippen LogP contribution in [0.3, 0.4) is 0 Å². The van der Waals surface area contributed by atoms with E-state index in [9.17, 15) is 14.8 Å². The highest BCUT2D eigenvalue weighted by Gasteiger charge is 2.49. The van der Waals surface area contributed by atoms with Crippen molar-refractivity contribution >= 4 is 22.7 Å². The third-order valence-electron chi connectivity index (χ3n) is 6.09. The molecule has 0 amide bonds. The van der Waals surface area contributed by atoms with Gasteiger partial charge in [-0.15, -0.1) is 0 Å². The highest BCUT2D eigenvalue weighted by molar-refractivity contribution is 6.04. The predicted octanol–water partition coefficient (Wildman–Crippen LogP) is 2.34. The number of fused-ring (bicyclic) bond motifs is 2. The lowest BCUT2D eigenvalue weighted by Gasteiger charge is -2.54. The Morgan fingerprint density at radius 3 is 2.56 bits per heavy atom. The summed E-state index contributed by atoms with van der Waals surface area (Å²) in [6.07, 6.45) is 4.51. The lowest BCUT2D eigenvalue weighted by molar-refractivity contribution is -0.145. The molecule has 6 heteroatoms. The monoisotopic (exact) mass is 339 g/mol. The summed E-state index contributed by atoms with van der Waals surface area (Å²) >= 11 is 0. The molecule has 5 atom stereocenters. The normalized spacial score (nSPS) is 33.6. The van der Waals surface area contributed by atoms with Crippen LogP contribution in [0.15, 0.2) is 30.5 Å². The number of hydrogen-bond donors (Lipinski definition) is 0. The number of nitrogens with zero attached hydrogens (tertiary/aromatic N) is 2. The molecule has 130 valence electrons. The van der Waals surface area contributed by atoms with E-state index in [1.807, 2.05) is 6.07 Å². The third kappa shape index (κ3) is 2.28. The Hall–Kier alpha value is -2.34. The van der Waals surface area contributed by atoms with Gasteiger partial charge >= 0.3 is 5.97 Å². The van der Waals surface area contributed by atoms with E-state index >= 15 is 0 Å². The standard InChI is InChI=1S/C19H19N2O4/c22-18-10-20-12-5-11(18)6-13(20)8-14(7-12)25-19(23)16-9-21(24)17-4-2-1-3-15(16)17/h1-4,9,11-14H,5-8,10H2/q-1/t11?,12-,13?,14?/m1/s1. The van der Waals surface area contributed by atoms with Gasteiger partial charge in [0.2, 0.25) is 0 Å². The van der Waals surface area contributed by atoms with Crippen molar-refractivity contribution < 1.29 is 14.3 Å². The molecule has 1 aromatic heterocycles. The second-order valence-corrected chi connectivity index (χ2v) is 7.50. The van der Waals surface area contributed by atoms with Gasteiger partial charge in [0.1, 0.15) is 11.9 Å². The maximum Gasteiger partial charge on any atom is 0.340 e. The molecule has 6 rings (SSSR count). The summed E-state index contributed by atoms with van der Waals surface area (Å²) in [4.78, 5) is 26.8. The molecule has 1 aromatic carbocycles. The van der Waals surface area contributed by atoms with Crippen molar-refractivity contribution in [3.8, 4) is 0 Å². The van der Waals surface area contributed by atoms with Crippen molar-refractivity contribution in [1.82, 2.24) is 9.63 Å². The van der Waals surface area contributed by atoms with Crippen LogP contribution in [-0.2, 0) is 9.53 Å². The fourth-order valence-corrected chi connectivity index (χ4v) is 4.94. The van der Waals surface area contributed by atoms with Crippen LogP contribution in [0.2, 0.25) is 0 Å². The van der Waals surface area contributed by atoms with E-state index in [1.54, 1.807) is 18.2 Å². The highest BCUT2D eigenvalue weighted by Crippen LogP contribution is 2.42. The first kappa shape index (κ1) is 15.0. The topological polar surface area (TPSA) is 74.6 Å². The summed E-state index contributed by atoms with van der Waals surface area (Å²) in [5.41, 5.74) is 0.815. The van der Waals surface area contributed by atoms with E-state index in [4.69, 9.17) is 4.74 Å². The van der Waals surface area contributed by atoms with Crippen molar-refractivity contribution in [1.29, 1.82) is 0 Å². The quantitative estimate of drug-likeness (QED) is 0.785. The molecule has 4 aliphatic rings. The van der Waals surface area contributed by atoms with Crippen molar-refractivity contribution in [2.24, 2.45) is 5.92 Å². The summed E-state index contributed by atoms with van der Waals surface area (Å²) in [7, 11) is 0. The first-order chi connectivity index (χ1) is 12.1. The molecule has 4 fully saturated rings. The van der Waals surface area contributed by atoms with E-state index < -0.39 is 5.97 Å². The molecule has 2 aromatic rings. The van der Waals surface area contributed by atoms with Gasteiger partial charge in [-0.2, -0.15) is 0 Å². The minimum absolute atomic E-state index is 0.137. The van der Waals surface area contributed by atoms with Gasteiger partial charge in [0.15, 0.2) is 0 Å². The first-order valence-corrected chi connectivity index (χ1v) is 8.87. The summed E-state index contributed by atoms with van der Waals surface area (Å²) in [5, 5.41) is 12.6. The Balaban J connectivity index is 1.34. The zero-order valence-electron chi connectivity index (χ0n) is 13.8. The molecule has 4 bridgehead atoms. The van der Waals surface area contributed by atoms with Crippen LogP contribution in [0.4, 0.5) is 0 Å². The van der Waals surface area contributed by atoms with Gasteiger partial charge < -0.3 is 14.7 Å². The molecule has 25 heavy (non-hydrogen) atoms. The number of para-hydroxylation sites is 1. The summed E-state index contributed by atoms with van der Waals surface area (Å²) in [6.45, 7) is 0.560. The second-order valence-electron chi connectivity index (χ2n) is 7.50. The third-order valence-corrected chi connectivity index (χ3v) is 6.09. The Morgan fingerprint density at radius 2 is 1.84 bits per heavy atom. The maximum absolute atomic E-state index is 12.6. The lowest BCUT2D eigenvalue weighted by Crippen LogP contribution is -2.63. The van der Waals surface area contributed by atoms with Gasteiger partial charge in [0.05, 0.1) is 12.1 Å². The van der Waals surface area contributed by atoms with Crippen LogP contribution < -0.4 is 0 Å². The number of aromatic nitrogens is 1. The van der Waals surface area contributed by atoms with Crippen LogP contribution in [0.5, 0.6) is 0 Å². The van der Waals surface area contributed by atoms with Gasteiger partial charge in [-0.1, -0.05) is 18.2 Å². The summed E-state index contributed by atoms with van der Waals surface area (Å²) < 4.78 is 6.49. The Bertz CT molecular complexity index is 857. The largest absolute Gasteiger partial charge is 0.806 e. The fourth-order valence-electron chi connectivity index (χ4n) is 4.94. The molecule has 0 N–H and O–H groups in total. The Morgan fingerprint density at radius 1 is 1.12 bits per heavy atom. The average Bonchev–Trinajstić information content (AvgIpc) is 2.92. The number of carbonyl (C=O) groups is 2. The van der Waals surface area contributed by atoms with E-state index in [2.05, 4.69) is 4.90 Å². The van der Waals surface area contributed by atoms with E-state index in [0.29, 0.717) is 40.9 Å². The molecule has 0 saturated carbocycles. The fraction of sp³-hybridized carbons (Fsp3) is 0.474. The molecule has 4 aliphatic heterocycles. The summed E-state index contributed by atoms with van der Waals surface area (Å²) in [6, 6.07) is 7.74. The molecule has 0 spiro atoms. The number of Topliss-reactive ketones (excluding diaryl/α,β-unsaturated/α-hetero) is 1. The number of rotatable bonds is 2. The molecule has 4 saturated heterocycles. The molecular formula is C19H19N2O4-. The number of hydrogen-bond acceptors (Lipinski definition) is 5. The van der Waals surface area contributed by atoms with Crippen LogP contribution >= 0.6 is 0 Å². The van der Waals surface area contributed by atoms with Gasteiger partial charge in [-0.3, -0.25) is 9.69 Å². The van der Waals surface area contributed by atoms with Gasteiger partial charge in [-0.25, -0.2) is 4.79 Å². The Kier molecular flexibility index (Phi) is 3.19. The smallest absolute Gasteiger partial charge is 0.340 e. The molecular weight excluding hydrogens is 320 g/mol. The zero-order chi connectivity index (χ0) is 17.1. The van der Waals surface area contributed by atoms with Crippen molar-refractivity contribution in [2.45, 2.75) is 43.9 Å². The first-order valence-electron chi connectivity index (χ1n) is 8.87. The van der Waals surface area contributed by atoms with Crippen molar-refractivity contribution in [3.63, 3.8) is 0 Å². The number of ketones is 1. The van der Waals surface area contributed by atoms with Crippen LogP contribution in [0, 0.1) is 11.1 Å². The average molecular weight is 339 g/mol. The molecule has 4 unspecified atom stereocenters. The predicted molar refractivity (Wildman–Crippen MR) is 91.2 cm³/mol. The van der Waals surface area contributed by atoms with Crippen LogP contribution in [-0.4, -0.2) is 46.1 Å². The number of benzene rings is 1. The van der Waals surface area contributed by atoms with Gasteiger partial charge in [-0.05, 0) is 18.9 Å².